The number of urea groups is 1. The van der Waals surface area contributed by atoms with Crippen LogP contribution in [0.4, 0.5) is 4.79 Å². The van der Waals surface area contributed by atoms with E-state index in [9.17, 15) is 9.59 Å². The van der Waals surface area contributed by atoms with Gasteiger partial charge < -0.3 is 25.9 Å². The van der Waals surface area contributed by atoms with E-state index < -0.39 is 11.9 Å². The largest absolute Gasteiger partial charge is 0.378 e. The molecule has 1 rings (SSSR count). The zero-order valence-electron chi connectivity index (χ0n) is 10.9. The van der Waals surface area contributed by atoms with Crippen LogP contribution in [-0.2, 0) is 9.53 Å². The van der Waals surface area contributed by atoms with Crippen LogP contribution in [0.5, 0.6) is 0 Å². The third-order valence-corrected chi connectivity index (χ3v) is 2.99. The minimum absolute atomic E-state index is 0.0879. The first kappa shape index (κ1) is 15.7. The highest BCUT2D eigenvalue weighted by Crippen LogP contribution is 2.01. The van der Waals surface area contributed by atoms with Gasteiger partial charge in [-0.3, -0.25) is 4.79 Å². The number of ether oxygens (including phenoxy) is 1. The highest BCUT2D eigenvalue weighted by molar-refractivity contribution is 5.79. The normalized spacial score (nSPS) is 17.0. The van der Waals surface area contributed by atoms with E-state index in [0.29, 0.717) is 45.7 Å². The van der Waals surface area contributed by atoms with Gasteiger partial charge in [0.1, 0.15) is 6.04 Å². The number of primary amides is 1. The number of nitrogens with two attached hydrogens (primary N) is 1. The van der Waals surface area contributed by atoms with Crippen LogP contribution < -0.4 is 16.5 Å². The Bertz CT molecular complexity index is 294. The molecule has 0 bridgehead atoms. The lowest BCUT2D eigenvalue weighted by molar-refractivity contribution is -0.122. The summed E-state index contributed by atoms with van der Waals surface area (Å²) in [4.78, 5) is 24.2. The molecule has 1 aliphatic rings. The second-order valence-corrected chi connectivity index (χ2v) is 4.41. The van der Waals surface area contributed by atoms with Crippen molar-refractivity contribution >= 4 is 11.9 Å². The van der Waals surface area contributed by atoms with Crippen LogP contribution >= 0.6 is 0 Å². The van der Waals surface area contributed by atoms with Gasteiger partial charge in [-0.05, 0) is 19.3 Å². The van der Waals surface area contributed by atoms with E-state index in [1.54, 1.807) is 4.90 Å². The lowest BCUT2D eigenvalue weighted by Gasteiger charge is -2.26. The zero-order chi connectivity index (χ0) is 14.1. The summed E-state index contributed by atoms with van der Waals surface area (Å²) in [7, 11) is 0. The minimum atomic E-state index is -0.727. The van der Waals surface area contributed by atoms with Crippen LogP contribution in [0.15, 0.2) is 0 Å². The summed E-state index contributed by atoms with van der Waals surface area (Å²) < 4.78 is 5.16. The number of nitrogens with one attached hydrogen (secondary N) is 2. The molecule has 0 aromatic heterocycles. The van der Waals surface area contributed by atoms with Crippen LogP contribution in [0.25, 0.3) is 0 Å². The summed E-state index contributed by atoms with van der Waals surface area (Å²) in [6.07, 6.45) is 1.85. The molecule has 0 spiro atoms. The number of morpholine rings is 1. The second-order valence-electron chi connectivity index (χ2n) is 4.41. The maximum absolute atomic E-state index is 11.7. The van der Waals surface area contributed by atoms with E-state index in [4.69, 9.17) is 15.7 Å². The van der Waals surface area contributed by atoms with Gasteiger partial charge in [-0.2, -0.15) is 5.48 Å². The van der Waals surface area contributed by atoms with Crippen molar-refractivity contribution < 1.29 is 19.5 Å². The molecule has 8 heteroatoms. The average molecular weight is 274 g/mol. The number of unbranched alkanes of at least 4 members (excludes halogenated alkanes) is 1. The number of hydrogen-bond acceptors (Lipinski definition) is 5. The van der Waals surface area contributed by atoms with Gasteiger partial charge in [-0.15, -0.1) is 0 Å². The lowest BCUT2D eigenvalue weighted by atomic mass is 10.1. The van der Waals surface area contributed by atoms with Crippen LogP contribution in [0.1, 0.15) is 19.3 Å². The molecule has 0 aliphatic carbocycles. The Kier molecular flexibility index (Phi) is 7.16. The average Bonchev–Trinajstić information content (AvgIpc) is 2.43. The van der Waals surface area contributed by atoms with E-state index in [2.05, 4.69) is 5.32 Å². The predicted molar refractivity (Wildman–Crippen MR) is 67.5 cm³/mol. The smallest absolute Gasteiger partial charge is 0.317 e. The first-order valence-electron chi connectivity index (χ1n) is 6.44. The molecule has 0 saturated carbocycles. The molecular formula is C11H22N4O4. The van der Waals surface area contributed by atoms with Crippen molar-refractivity contribution in [1.82, 2.24) is 15.7 Å². The molecule has 8 nitrogen and oxygen atoms in total. The third-order valence-electron chi connectivity index (χ3n) is 2.99. The van der Waals surface area contributed by atoms with E-state index in [-0.39, 0.29) is 6.03 Å². The van der Waals surface area contributed by atoms with Gasteiger partial charge in [0.2, 0.25) is 5.91 Å². The molecule has 5 N–H and O–H groups in total. The topological polar surface area (TPSA) is 117 Å². The van der Waals surface area contributed by atoms with Crippen molar-refractivity contribution in [3.8, 4) is 0 Å². The van der Waals surface area contributed by atoms with Gasteiger partial charge in [-0.25, -0.2) is 4.79 Å². The number of carbonyl (C=O) groups is 2. The molecule has 3 amide bonds. The molecular weight excluding hydrogens is 252 g/mol. The Morgan fingerprint density at radius 1 is 1.32 bits per heavy atom. The number of nitrogens with zero attached hydrogens (tertiary/aromatic N) is 1. The lowest BCUT2D eigenvalue weighted by Crippen LogP contribution is -2.46. The fourth-order valence-electron chi connectivity index (χ4n) is 1.82. The molecule has 0 radical (unpaired) electrons. The van der Waals surface area contributed by atoms with Crippen LogP contribution in [-0.4, -0.2) is 60.9 Å². The molecule has 19 heavy (non-hydrogen) atoms. The van der Waals surface area contributed by atoms with Crippen molar-refractivity contribution in [2.45, 2.75) is 25.3 Å². The van der Waals surface area contributed by atoms with Gasteiger partial charge in [0.25, 0.3) is 0 Å². The fourth-order valence-corrected chi connectivity index (χ4v) is 1.82. The molecule has 1 saturated heterocycles. The van der Waals surface area contributed by atoms with Gasteiger partial charge in [0.05, 0.1) is 13.2 Å². The first-order chi connectivity index (χ1) is 9.15. The molecule has 0 unspecified atom stereocenters. The number of amides is 3. The first-order valence-corrected chi connectivity index (χ1v) is 6.44. The second kappa shape index (κ2) is 8.68. The van der Waals surface area contributed by atoms with E-state index in [0.717, 1.165) is 6.42 Å². The van der Waals surface area contributed by atoms with Gasteiger partial charge in [0.15, 0.2) is 0 Å². The summed E-state index contributed by atoms with van der Waals surface area (Å²) in [5.74, 6) is -0.583. The Labute approximate surface area is 112 Å². The van der Waals surface area contributed by atoms with Gasteiger partial charge >= 0.3 is 6.03 Å². The summed E-state index contributed by atoms with van der Waals surface area (Å²) in [6, 6.07) is -0.815. The van der Waals surface area contributed by atoms with Crippen LogP contribution in [0, 0.1) is 0 Å². The Balaban J connectivity index is 2.06. The van der Waals surface area contributed by atoms with Crippen LogP contribution in [0.2, 0.25) is 0 Å². The Hall–Kier alpha value is -1.38. The van der Waals surface area contributed by atoms with Crippen molar-refractivity contribution in [3.63, 3.8) is 0 Å². The molecule has 1 atom stereocenters. The summed E-state index contributed by atoms with van der Waals surface area (Å²) in [6.45, 7) is 2.92. The van der Waals surface area contributed by atoms with E-state index >= 15 is 0 Å². The summed E-state index contributed by atoms with van der Waals surface area (Å²) in [5.41, 5.74) is 6.93. The Morgan fingerprint density at radius 2 is 2.00 bits per heavy atom. The maximum Gasteiger partial charge on any atom is 0.317 e. The number of hydrogen-bond donors (Lipinski definition) is 4. The Morgan fingerprint density at radius 3 is 2.58 bits per heavy atom. The molecule has 0 aromatic rings. The quantitative estimate of drug-likeness (QED) is 0.352. The standard InChI is InChI=1S/C11H22N4O4/c12-10(16)9(14-18)3-1-2-4-13-11(17)15-5-7-19-8-6-15/h9,14,18H,1-8H2,(H2,12,16)(H,13,17)/t9-/m1/s1. The molecule has 1 fully saturated rings. The van der Waals surface area contributed by atoms with E-state index in [1.807, 2.05) is 5.48 Å². The van der Waals surface area contributed by atoms with Crippen molar-refractivity contribution in [2.75, 3.05) is 32.8 Å². The van der Waals surface area contributed by atoms with Crippen LogP contribution in [0.3, 0.4) is 0 Å². The zero-order valence-corrected chi connectivity index (χ0v) is 10.9. The predicted octanol–water partition coefficient (Wildman–Crippen LogP) is -0.969. The molecule has 1 aliphatic heterocycles. The fraction of sp³-hybridized carbons (Fsp3) is 0.818. The van der Waals surface area contributed by atoms with Gasteiger partial charge in [0, 0.05) is 19.6 Å². The van der Waals surface area contributed by atoms with Crippen molar-refractivity contribution in [2.24, 2.45) is 5.73 Å². The SMILES string of the molecule is NC(=O)[C@@H](CCCCNC(=O)N1CCOCC1)NO. The minimum Gasteiger partial charge on any atom is -0.378 e. The summed E-state index contributed by atoms with van der Waals surface area (Å²) in [5, 5.41) is 11.5. The number of carbonyl (C=O) groups excluding carboxylic acids is 2. The molecule has 1 heterocycles. The number of rotatable bonds is 7. The summed E-state index contributed by atoms with van der Waals surface area (Å²) >= 11 is 0. The molecule has 0 aromatic carbocycles. The molecule has 110 valence electrons. The highest BCUT2D eigenvalue weighted by Gasteiger charge is 2.16. The van der Waals surface area contributed by atoms with E-state index in [1.165, 1.54) is 0 Å². The monoisotopic (exact) mass is 274 g/mol. The third kappa shape index (κ3) is 5.86. The van der Waals surface area contributed by atoms with Crippen molar-refractivity contribution in [3.05, 3.63) is 0 Å². The van der Waals surface area contributed by atoms with Gasteiger partial charge in [-0.1, -0.05) is 0 Å². The van der Waals surface area contributed by atoms with Crippen molar-refractivity contribution in [1.29, 1.82) is 0 Å². The number of hydroxylamine groups is 1. The highest BCUT2D eigenvalue weighted by atomic mass is 16.5. The maximum atomic E-state index is 11.7.